The molecule has 0 N–H and O–H groups in total. The fraction of sp³-hybridized carbons (Fsp3) is 0.900. The van der Waals surface area contributed by atoms with Crippen LogP contribution in [0.5, 0.6) is 0 Å². The fourth-order valence-electron chi connectivity index (χ4n) is 2.45. The number of rotatable bonds is 2. The van der Waals surface area contributed by atoms with E-state index < -0.39 is 0 Å². The minimum Gasteiger partial charge on any atom is -0.319 e. The van der Waals surface area contributed by atoms with Crippen molar-refractivity contribution in [3.63, 3.8) is 0 Å². The number of nitrogens with zero attached hydrogens (tertiary/aromatic N) is 2. The van der Waals surface area contributed by atoms with Crippen LogP contribution in [0.2, 0.25) is 0 Å². The van der Waals surface area contributed by atoms with Crippen LogP contribution in [0.3, 0.4) is 0 Å². The number of amides is 1. The maximum absolute atomic E-state index is 10.6. The van der Waals surface area contributed by atoms with Crippen molar-refractivity contribution in [1.82, 2.24) is 9.80 Å². The number of likely N-dealkylation sites (tertiary alicyclic amines) is 2. The van der Waals surface area contributed by atoms with E-state index in [1.54, 1.807) is 0 Å². The molecule has 2 rings (SSSR count). The Morgan fingerprint density at radius 3 is 2.46 bits per heavy atom. The first-order valence-electron chi connectivity index (χ1n) is 5.30. The molecule has 2 heterocycles. The first-order chi connectivity index (χ1) is 6.42. The van der Waals surface area contributed by atoms with E-state index in [1.165, 1.54) is 32.4 Å². The summed E-state index contributed by atoms with van der Waals surface area (Å²) in [6, 6.07) is 0. The van der Waals surface area contributed by atoms with Gasteiger partial charge in [0.2, 0.25) is 0 Å². The van der Waals surface area contributed by atoms with E-state index >= 15 is 0 Å². The van der Waals surface area contributed by atoms with Gasteiger partial charge in [-0.25, -0.2) is 0 Å². The second-order valence-electron chi connectivity index (χ2n) is 4.00. The normalized spacial score (nSPS) is 30.8. The molecule has 0 aromatic carbocycles. The molecule has 13 heavy (non-hydrogen) atoms. The lowest BCUT2D eigenvalue weighted by Crippen LogP contribution is -2.46. The van der Waals surface area contributed by atoms with Gasteiger partial charge in [0, 0.05) is 19.6 Å². The van der Waals surface area contributed by atoms with E-state index in [1.807, 2.05) is 4.90 Å². The third-order valence-electron chi connectivity index (χ3n) is 3.15. The third-order valence-corrected chi connectivity index (χ3v) is 3.15. The summed E-state index contributed by atoms with van der Waals surface area (Å²) < 4.78 is 0. The maximum Gasteiger partial charge on any atom is 0.313 e. The third kappa shape index (κ3) is 1.85. The number of hydrogen-bond acceptors (Lipinski definition) is 2. The van der Waals surface area contributed by atoms with Crippen LogP contribution < -0.4 is 0 Å². The predicted octanol–water partition coefficient (Wildman–Crippen LogP) is 0.961. The summed E-state index contributed by atoms with van der Waals surface area (Å²) in [7, 11) is 0. The zero-order chi connectivity index (χ0) is 9.10. The summed E-state index contributed by atoms with van der Waals surface area (Å²) in [5, 5.41) is 0. The SMILES string of the molecule is O=[C]N1CCCC1N1CCCCC1. The van der Waals surface area contributed by atoms with Gasteiger partial charge in [-0.15, -0.1) is 0 Å². The Hall–Kier alpha value is -0.570. The monoisotopic (exact) mass is 181 g/mol. The molecule has 0 aromatic rings. The molecule has 3 nitrogen and oxygen atoms in total. The highest BCUT2D eigenvalue weighted by molar-refractivity contribution is 5.49. The molecule has 0 aromatic heterocycles. The van der Waals surface area contributed by atoms with Gasteiger partial charge in [-0.2, -0.15) is 0 Å². The topological polar surface area (TPSA) is 23.6 Å². The first-order valence-corrected chi connectivity index (χ1v) is 5.30. The number of carbonyl (C=O) groups excluding carboxylic acids is 1. The van der Waals surface area contributed by atoms with Crippen LogP contribution >= 0.6 is 0 Å². The van der Waals surface area contributed by atoms with Crippen molar-refractivity contribution in [3.05, 3.63) is 0 Å². The molecular formula is C10H17N2O. The lowest BCUT2D eigenvalue weighted by Gasteiger charge is -2.35. The summed E-state index contributed by atoms with van der Waals surface area (Å²) in [6.07, 6.45) is 8.67. The molecule has 73 valence electrons. The van der Waals surface area contributed by atoms with Crippen molar-refractivity contribution < 1.29 is 4.79 Å². The van der Waals surface area contributed by atoms with E-state index in [-0.39, 0.29) is 0 Å². The Balaban J connectivity index is 1.93. The molecule has 1 amide bonds. The van der Waals surface area contributed by atoms with Crippen molar-refractivity contribution in [2.24, 2.45) is 0 Å². The van der Waals surface area contributed by atoms with Crippen LogP contribution in [-0.4, -0.2) is 42.0 Å². The van der Waals surface area contributed by atoms with E-state index in [0.29, 0.717) is 6.17 Å². The second kappa shape index (κ2) is 4.09. The second-order valence-corrected chi connectivity index (χ2v) is 4.00. The smallest absolute Gasteiger partial charge is 0.313 e. The van der Waals surface area contributed by atoms with Crippen LogP contribution in [0.25, 0.3) is 0 Å². The predicted molar refractivity (Wildman–Crippen MR) is 50.8 cm³/mol. The summed E-state index contributed by atoms with van der Waals surface area (Å²) >= 11 is 0. The van der Waals surface area contributed by atoms with Gasteiger partial charge in [0.1, 0.15) is 0 Å². The lowest BCUT2D eigenvalue weighted by atomic mass is 10.1. The molecule has 2 fully saturated rings. The molecule has 0 bridgehead atoms. The van der Waals surface area contributed by atoms with Crippen LogP contribution in [0.1, 0.15) is 32.1 Å². The van der Waals surface area contributed by atoms with Gasteiger partial charge in [-0.3, -0.25) is 9.69 Å². The largest absolute Gasteiger partial charge is 0.319 e. The van der Waals surface area contributed by atoms with Crippen LogP contribution in [0.4, 0.5) is 0 Å². The highest BCUT2D eigenvalue weighted by Crippen LogP contribution is 2.22. The van der Waals surface area contributed by atoms with E-state index in [4.69, 9.17) is 0 Å². The molecule has 1 radical (unpaired) electrons. The Morgan fingerprint density at radius 1 is 1.00 bits per heavy atom. The van der Waals surface area contributed by atoms with Crippen molar-refractivity contribution in [1.29, 1.82) is 0 Å². The number of hydrogen-bond donors (Lipinski definition) is 0. The van der Waals surface area contributed by atoms with Crippen LogP contribution in [0.15, 0.2) is 0 Å². The Labute approximate surface area is 79.7 Å². The summed E-state index contributed by atoms with van der Waals surface area (Å²) in [5.41, 5.74) is 0. The highest BCUT2D eigenvalue weighted by Gasteiger charge is 2.29. The molecule has 1 atom stereocenters. The average Bonchev–Trinajstić information content (AvgIpc) is 2.67. The molecule has 0 saturated carbocycles. The Morgan fingerprint density at radius 2 is 1.77 bits per heavy atom. The minimum absolute atomic E-state index is 0.373. The average molecular weight is 181 g/mol. The summed E-state index contributed by atoms with van der Waals surface area (Å²) in [4.78, 5) is 14.9. The van der Waals surface area contributed by atoms with E-state index in [0.717, 1.165) is 19.4 Å². The molecular weight excluding hydrogens is 164 g/mol. The van der Waals surface area contributed by atoms with E-state index in [9.17, 15) is 4.79 Å². The summed E-state index contributed by atoms with van der Waals surface area (Å²) in [6.45, 7) is 3.25. The molecule has 0 aliphatic carbocycles. The molecule has 2 aliphatic rings. The van der Waals surface area contributed by atoms with Gasteiger partial charge in [0.05, 0.1) is 6.17 Å². The lowest BCUT2D eigenvalue weighted by molar-refractivity contribution is 0.0966. The molecule has 3 heteroatoms. The highest BCUT2D eigenvalue weighted by atomic mass is 16.1. The van der Waals surface area contributed by atoms with E-state index in [2.05, 4.69) is 11.3 Å². The van der Waals surface area contributed by atoms with Gasteiger partial charge in [-0.1, -0.05) is 6.42 Å². The number of piperidine rings is 1. The minimum atomic E-state index is 0.373. The maximum atomic E-state index is 10.6. The molecule has 0 spiro atoms. The van der Waals surface area contributed by atoms with Gasteiger partial charge < -0.3 is 4.90 Å². The van der Waals surface area contributed by atoms with Gasteiger partial charge in [0.15, 0.2) is 0 Å². The first kappa shape index (κ1) is 9.00. The fourth-order valence-corrected chi connectivity index (χ4v) is 2.45. The Kier molecular flexibility index (Phi) is 2.83. The molecule has 2 saturated heterocycles. The van der Waals surface area contributed by atoms with Crippen LogP contribution in [-0.2, 0) is 4.79 Å². The van der Waals surface area contributed by atoms with Gasteiger partial charge in [-0.05, 0) is 25.7 Å². The molecule has 1 unspecified atom stereocenters. The van der Waals surface area contributed by atoms with Crippen molar-refractivity contribution >= 4 is 6.41 Å². The van der Waals surface area contributed by atoms with Crippen molar-refractivity contribution in [2.75, 3.05) is 19.6 Å². The zero-order valence-corrected chi connectivity index (χ0v) is 8.04. The Bertz CT molecular complexity index is 178. The van der Waals surface area contributed by atoms with Crippen LogP contribution in [0, 0.1) is 0 Å². The quantitative estimate of drug-likeness (QED) is 0.633. The molecule has 2 aliphatic heterocycles. The van der Waals surface area contributed by atoms with Gasteiger partial charge in [0.25, 0.3) is 0 Å². The zero-order valence-electron chi connectivity index (χ0n) is 8.04. The van der Waals surface area contributed by atoms with Crippen molar-refractivity contribution in [2.45, 2.75) is 38.3 Å². The van der Waals surface area contributed by atoms with Gasteiger partial charge >= 0.3 is 6.41 Å². The standard InChI is InChI=1S/C10H17N2O/c13-9-12-8-4-5-10(12)11-6-2-1-3-7-11/h10H,1-8H2. The van der Waals surface area contributed by atoms with Crippen molar-refractivity contribution in [3.8, 4) is 0 Å². The summed E-state index contributed by atoms with van der Waals surface area (Å²) in [5.74, 6) is 0.